The Morgan fingerprint density at radius 1 is 0.278 bits per heavy atom. The summed E-state index contributed by atoms with van der Waals surface area (Å²) in [5.41, 5.74) is 10.4. The lowest BCUT2D eigenvalue weighted by atomic mass is 9.91. The van der Waals surface area contributed by atoms with Crippen LogP contribution in [0.5, 0.6) is 0 Å². The third-order valence-electron chi connectivity index (χ3n) is 7.76. The summed E-state index contributed by atoms with van der Waals surface area (Å²) in [7, 11) is 0. The molecule has 0 unspecified atom stereocenters. The largest absolute Gasteiger partial charge is 0.0616 e. The minimum atomic E-state index is 1.25. The summed E-state index contributed by atoms with van der Waals surface area (Å²) in [6.07, 6.45) is 0. The van der Waals surface area contributed by atoms with E-state index in [4.69, 9.17) is 0 Å². The van der Waals surface area contributed by atoms with E-state index in [0.29, 0.717) is 0 Å². The van der Waals surface area contributed by atoms with Crippen molar-refractivity contribution in [1.29, 1.82) is 0 Å². The number of hydrogen-bond donors (Lipinski definition) is 0. The average molecular weight is 455 g/mol. The smallest absolute Gasteiger partial charge is 0.00259 e. The molecule has 0 aliphatic heterocycles. The standard InChI is InChI=1S/C36H22/c1-2-13-28-25(9-1)21-34(31-16-5-3-14-29(28)31)24-11-7-10-23(19-24)27-20-26-12-8-18-33-30-15-4-6-17-32(30)35(22-27)36(26)33/h1-22H. The van der Waals surface area contributed by atoms with Crippen molar-refractivity contribution in [2.75, 3.05) is 0 Å². The van der Waals surface area contributed by atoms with Gasteiger partial charge in [0.15, 0.2) is 0 Å². The Morgan fingerprint density at radius 3 is 1.81 bits per heavy atom. The van der Waals surface area contributed by atoms with Gasteiger partial charge in [0, 0.05) is 0 Å². The van der Waals surface area contributed by atoms with Crippen molar-refractivity contribution < 1.29 is 0 Å². The van der Waals surface area contributed by atoms with Gasteiger partial charge in [0.2, 0.25) is 0 Å². The Labute approximate surface area is 210 Å². The van der Waals surface area contributed by atoms with Gasteiger partial charge in [-0.1, -0.05) is 109 Å². The van der Waals surface area contributed by atoms with Crippen molar-refractivity contribution in [1.82, 2.24) is 0 Å². The summed E-state index contributed by atoms with van der Waals surface area (Å²) < 4.78 is 0. The van der Waals surface area contributed by atoms with Gasteiger partial charge in [-0.3, -0.25) is 0 Å². The van der Waals surface area contributed by atoms with Crippen molar-refractivity contribution in [3.05, 3.63) is 133 Å². The summed E-state index contributed by atoms with van der Waals surface area (Å²) in [5, 5.41) is 7.86. The molecule has 166 valence electrons. The van der Waals surface area contributed by atoms with Gasteiger partial charge in [0.05, 0.1) is 0 Å². The summed E-state index contributed by atoms with van der Waals surface area (Å²) >= 11 is 0. The molecule has 0 saturated heterocycles. The highest BCUT2D eigenvalue weighted by atomic mass is 14.2. The molecule has 0 fully saturated rings. The van der Waals surface area contributed by atoms with E-state index < -0.39 is 0 Å². The fourth-order valence-electron chi connectivity index (χ4n) is 6.14. The molecule has 0 aromatic heterocycles. The van der Waals surface area contributed by atoms with Crippen LogP contribution in [0.25, 0.3) is 76.8 Å². The van der Waals surface area contributed by atoms with Crippen LogP contribution in [-0.4, -0.2) is 0 Å². The molecule has 0 nitrogen and oxygen atoms in total. The first-order valence-corrected chi connectivity index (χ1v) is 12.5. The minimum absolute atomic E-state index is 1.25. The molecule has 0 saturated carbocycles. The highest BCUT2D eigenvalue weighted by Gasteiger charge is 2.21. The first-order chi connectivity index (χ1) is 17.8. The molecule has 0 spiro atoms. The molecule has 0 N–H and O–H groups in total. The SMILES string of the molecule is c1cc(-c2cc3c4c(cccc4c2)-c2ccccc2-3)cc(-c2cc3ccccc3c3ccccc23)c1. The van der Waals surface area contributed by atoms with Crippen LogP contribution in [0.1, 0.15) is 0 Å². The van der Waals surface area contributed by atoms with Crippen molar-refractivity contribution in [2.45, 2.75) is 0 Å². The van der Waals surface area contributed by atoms with Crippen LogP contribution in [0.15, 0.2) is 133 Å². The Morgan fingerprint density at radius 2 is 0.917 bits per heavy atom. The van der Waals surface area contributed by atoms with Gasteiger partial charge >= 0.3 is 0 Å². The zero-order chi connectivity index (χ0) is 23.6. The van der Waals surface area contributed by atoms with E-state index in [0.717, 1.165) is 0 Å². The van der Waals surface area contributed by atoms with Crippen LogP contribution in [0.2, 0.25) is 0 Å². The molecule has 0 bridgehead atoms. The minimum Gasteiger partial charge on any atom is -0.0616 e. The van der Waals surface area contributed by atoms with Crippen molar-refractivity contribution in [3.8, 4) is 44.5 Å². The molecule has 36 heavy (non-hydrogen) atoms. The van der Waals surface area contributed by atoms with Gasteiger partial charge in [-0.25, -0.2) is 0 Å². The van der Waals surface area contributed by atoms with E-state index in [1.807, 2.05) is 0 Å². The lowest BCUT2D eigenvalue weighted by Gasteiger charge is -2.13. The van der Waals surface area contributed by atoms with Gasteiger partial charge in [0.1, 0.15) is 0 Å². The number of hydrogen-bond acceptors (Lipinski definition) is 0. The zero-order valence-corrected chi connectivity index (χ0v) is 19.7. The third kappa shape index (κ3) is 2.76. The van der Waals surface area contributed by atoms with Crippen LogP contribution >= 0.6 is 0 Å². The van der Waals surface area contributed by atoms with E-state index in [1.165, 1.54) is 76.8 Å². The summed E-state index contributed by atoms with van der Waals surface area (Å²) in [4.78, 5) is 0. The average Bonchev–Trinajstić information content (AvgIpc) is 3.28. The first kappa shape index (κ1) is 19.6. The summed E-state index contributed by atoms with van der Waals surface area (Å²) in [6.45, 7) is 0. The predicted molar refractivity (Wildman–Crippen MR) is 154 cm³/mol. The molecule has 0 heterocycles. The monoisotopic (exact) mass is 454 g/mol. The van der Waals surface area contributed by atoms with E-state index in [2.05, 4.69) is 133 Å². The Balaban J connectivity index is 1.36. The zero-order valence-electron chi connectivity index (χ0n) is 19.7. The Kier molecular flexibility index (Phi) is 4.03. The first-order valence-electron chi connectivity index (χ1n) is 12.5. The maximum atomic E-state index is 2.38. The maximum absolute atomic E-state index is 2.38. The molecule has 1 aliphatic carbocycles. The fraction of sp³-hybridized carbons (Fsp3) is 0. The lowest BCUT2D eigenvalue weighted by Crippen LogP contribution is -1.86. The van der Waals surface area contributed by atoms with Crippen molar-refractivity contribution >= 4 is 32.3 Å². The van der Waals surface area contributed by atoms with Gasteiger partial charge in [-0.2, -0.15) is 0 Å². The van der Waals surface area contributed by atoms with Gasteiger partial charge in [-0.15, -0.1) is 0 Å². The molecular formula is C36H22. The molecule has 0 amide bonds. The molecule has 0 atom stereocenters. The normalized spacial score (nSPS) is 11.9. The molecule has 7 aromatic carbocycles. The van der Waals surface area contributed by atoms with Gasteiger partial charge < -0.3 is 0 Å². The highest BCUT2D eigenvalue weighted by molar-refractivity contribution is 6.17. The second-order valence-corrected chi connectivity index (χ2v) is 9.74. The van der Waals surface area contributed by atoms with E-state index in [-0.39, 0.29) is 0 Å². The van der Waals surface area contributed by atoms with Crippen molar-refractivity contribution in [3.63, 3.8) is 0 Å². The van der Waals surface area contributed by atoms with Gasteiger partial charge in [-0.05, 0) is 101 Å². The lowest BCUT2D eigenvalue weighted by molar-refractivity contribution is 1.62. The van der Waals surface area contributed by atoms with Gasteiger partial charge in [0.25, 0.3) is 0 Å². The number of fused-ring (bicyclic) bond motifs is 6. The van der Waals surface area contributed by atoms with E-state index in [1.54, 1.807) is 0 Å². The number of rotatable bonds is 2. The number of benzene rings is 7. The van der Waals surface area contributed by atoms with E-state index in [9.17, 15) is 0 Å². The topological polar surface area (TPSA) is 0 Å². The Hall–Kier alpha value is -4.68. The summed E-state index contributed by atoms with van der Waals surface area (Å²) in [6, 6.07) is 49.1. The fourth-order valence-corrected chi connectivity index (χ4v) is 6.14. The highest BCUT2D eigenvalue weighted by Crippen LogP contribution is 2.48. The second kappa shape index (κ2) is 7.41. The Bertz CT molecular complexity index is 1990. The molecule has 7 aromatic rings. The molecule has 0 heteroatoms. The van der Waals surface area contributed by atoms with Crippen molar-refractivity contribution in [2.24, 2.45) is 0 Å². The molecular weight excluding hydrogens is 432 g/mol. The molecule has 8 rings (SSSR count). The van der Waals surface area contributed by atoms with Crippen LogP contribution in [0.4, 0.5) is 0 Å². The van der Waals surface area contributed by atoms with Crippen LogP contribution in [0.3, 0.4) is 0 Å². The third-order valence-corrected chi connectivity index (χ3v) is 7.76. The van der Waals surface area contributed by atoms with Crippen LogP contribution < -0.4 is 0 Å². The molecule has 0 radical (unpaired) electrons. The quantitative estimate of drug-likeness (QED) is 0.228. The van der Waals surface area contributed by atoms with E-state index >= 15 is 0 Å². The van der Waals surface area contributed by atoms with Crippen LogP contribution in [0, 0.1) is 0 Å². The second-order valence-electron chi connectivity index (χ2n) is 9.74. The maximum Gasteiger partial charge on any atom is -0.00259 e. The molecule has 1 aliphatic rings. The van der Waals surface area contributed by atoms with Crippen LogP contribution in [-0.2, 0) is 0 Å². The predicted octanol–water partition coefficient (Wildman–Crippen LogP) is 10.1. The summed E-state index contributed by atoms with van der Waals surface area (Å²) in [5.74, 6) is 0.